The number of hydrogen-bond acceptors (Lipinski definition) is 2. The molecule has 0 saturated carbocycles. The van der Waals surface area contributed by atoms with Gasteiger partial charge in [-0.15, -0.1) is 0 Å². The lowest BCUT2D eigenvalue weighted by Gasteiger charge is -2.29. The molecule has 2 nitrogen and oxygen atoms in total. The number of halogens is 1. The summed E-state index contributed by atoms with van der Waals surface area (Å²) in [4.78, 5) is 2.55. The molecule has 1 fully saturated rings. The maximum absolute atomic E-state index is 13.3. The Morgan fingerprint density at radius 1 is 1.26 bits per heavy atom. The van der Waals surface area contributed by atoms with Crippen molar-refractivity contribution < 1.29 is 4.39 Å². The fourth-order valence-corrected chi connectivity index (χ4v) is 3.06. The van der Waals surface area contributed by atoms with Crippen LogP contribution in [-0.4, -0.2) is 17.5 Å². The van der Waals surface area contributed by atoms with E-state index in [4.69, 9.17) is 5.73 Å². The molecule has 106 valence electrons. The number of benzene rings is 1. The first-order valence-electron chi connectivity index (χ1n) is 7.46. The second-order valence-corrected chi connectivity index (χ2v) is 5.50. The van der Waals surface area contributed by atoms with Crippen LogP contribution in [0.25, 0.3) is 0 Å². The van der Waals surface area contributed by atoms with Gasteiger partial charge in [0.15, 0.2) is 0 Å². The Labute approximate surface area is 115 Å². The molecule has 1 unspecified atom stereocenters. The highest BCUT2D eigenvalue weighted by Gasteiger charge is 2.20. The summed E-state index contributed by atoms with van der Waals surface area (Å²) in [5.74, 6) is -0.188. The summed E-state index contributed by atoms with van der Waals surface area (Å²) < 4.78 is 13.3. The second-order valence-electron chi connectivity index (χ2n) is 5.50. The average Bonchev–Trinajstić information content (AvgIpc) is 2.65. The number of likely N-dealkylation sites (tertiary alicyclic amines) is 1. The molecule has 3 heteroatoms. The minimum absolute atomic E-state index is 0.188. The van der Waals surface area contributed by atoms with Gasteiger partial charge in [0.05, 0.1) is 0 Å². The van der Waals surface area contributed by atoms with E-state index in [9.17, 15) is 4.39 Å². The molecule has 1 atom stereocenters. The van der Waals surface area contributed by atoms with Gasteiger partial charge in [-0.25, -0.2) is 4.39 Å². The molecule has 0 radical (unpaired) electrons. The molecule has 0 amide bonds. The molecule has 0 bridgehead atoms. The van der Waals surface area contributed by atoms with Gasteiger partial charge in [-0.3, -0.25) is 4.90 Å². The predicted octanol–water partition coefficient (Wildman–Crippen LogP) is 3.44. The van der Waals surface area contributed by atoms with Crippen molar-refractivity contribution in [2.24, 2.45) is 5.73 Å². The van der Waals surface area contributed by atoms with E-state index in [1.807, 2.05) is 6.07 Å². The summed E-state index contributed by atoms with van der Waals surface area (Å²) in [5.41, 5.74) is 7.87. The number of rotatable bonds is 4. The van der Waals surface area contributed by atoms with E-state index in [1.165, 1.54) is 37.7 Å². The largest absolute Gasteiger partial charge is 0.326 e. The Kier molecular flexibility index (Phi) is 5.34. The van der Waals surface area contributed by atoms with Gasteiger partial charge in [-0.2, -0.15) is 0 Å². The highest BCUT2D eigenvalue weighted by molar-refractivity contribution is 5.27. The fourth-order valence-electron chi connectivity index (χ4n) is 3.06. The highest BCUT2D eigenvalue weighted by atomic mass is 19.1. The molecule has 1 heterocycles. The van der Waals surface area contributed by atoms with Crippen LogP contribution in [0.3, 0.4) is 0 Å². The average molecular weight is 264 g/mol. The molecular formula is C16H25FN2. The van der Waals surface area contributed by atoms with Gasteiger partial charge in [-0.05, 0) is 49.1 Å². The third kappa shape index (κ3) is 3.77. The first-order chi connectivity index (χ1) is 9.24. The van der Waals surface area contributed by atoms with Gasteiger partial charge < -0.3 is 5.73 Å². The van der Waals surface area contributed by atoms with E-state index in [0.29, 0.717) is 12.6 Å². The molecule has 1 aromatic rings. The van der Waals surface area contributed by atoms with Crippen molar-refractivity contribution in [2.75, 3.05) is 6.54 Å². The minimum atomic E-state index is -0.188. The summed E-state index contributed by atoms with van der Waals surface area (Å²) in [6, 6.07) is 5.69. The van der Waals surface area contributed by atoms with Gasteiger partial charge in [0.25, 0.3) is 0 Å². The van der Waals surface area contributed by atoms with Crippen molar-refractivity contribution in [1.29, 1.82) is 0 Å². The van der Waals surface area contributed by atoms with Crippen molar-refractivity contribution in [2.45, 2.75) is 58.2 Å². The number of nitrogens with zero attached hydrogens (tertiary/aromatic N) is 1. The van der Waals surface area contributed by atoms with Crippen LogP contribution in [0.2, 0.25) is 0 Å². The lowest BCUT2D eigenvalue weighted by molar-refractivity contribution is 0.185. The first-order valence-corrected chi connectivity index (χ1v) is 7.46. The van der Waals surface area contributed by atoms with Crippen LogP contribution in [0.1, 0.15) is 50.2 Å². The fraction of sp³-hybridized carbons (Fsp3) is 0.625. The third-order valence-corrected chi connectivity index (χ3v) is 4.23. The molecule has 0 spiro atoms. The monoisotopic (exact) mass is 264 g/mol. The highest BCUT2D eigenvalue weighted by Crippen LogP contribution is 2.22. The van der Waals surface area contributed by atoms with Crippen LogP contribution >= 0.6 is 0 Å². The van der Waals surface area contributed by atoms with Crippen molar-refractivity contribution in [3.63, 3.8) is 0 Å². The number of hydrogen-bond donors (Lipinski definition) is 1. The maximum Gasteiger partial charge on any atom is 0.123 e. The van der Waals surface area contributed by atoms with E-state index in [1.54, 1.807) is 12.1 Å². The summed E-state index contributed by atoms with van der Waals surface area (Å²) in [5, 5.41) is 0. The standard InChI is InChI=1S/C16H25FN2/c1-2-16-6-4-3-5-9-19(16)12-13-7-8-15(17)10-14(13)11-18/h7-8,10,16H,2-6,9,11-12,18H2,1H3. The predicted molar refractivity (Wildman–Crippen MR) is 77.2 cm³/mol. The van der Waals surface area contributed by atoms with Gasteiger partial charge in [-0.1, -0.05) is 25.8 Å². The smallest absolute Gasteiger partial charge is 0.123 e. The molecule has 2 rings (SSSR count). The maximum atomic E-state index is 13.3. The Balaban J connectivity index is 2.13. The van der Waals surface area contributed by atoms with Crippen LogP contribution in [0.4, 0.5) is 4.39 Å². The zero-order valence-corrected chi connectivity index (χ0v) is 11.9. The molecule has 0 aromatic heterocycles. The van der Waals surface area contributed by atoms with Crippen LogP contribution in [0.5, 0.6) is 0 Å². The molecular weight excluding hydrogens is 239 g/mol. The third-order valence-electron chi connectivity index (χ3n) is 4.23. The van der Waals surface area contributed by atoms with Gasteiger partial charge in [0.2, 0.25) is 0 Å². The molecule has 1 aromatic carbocycles. The topological polar surface area (TPSA) is 29.3 Å². The first kappa shape index (κ1) is 14.5. The van der Waals surface area contributed by atoms with E-state index in [0.717, 1.165) is 18.7 Å². The number of nitrogens with two attached hydrogens (primary N) is 1. The molecule has 1 aliphatic heterocycles. The SMILES string of the molecule is CCC1CCCCCN1Cc1ccc(F)cc1CN. The summed E-state index contributed by atoms with van der Waals surface area (Å²) >= 11 is 0. The quantitative estimate of drug-likeness (QED) is 0.902. The zero-order chi connectivity index (χ0) is 13.7. The van der Waals surface area contributed by atoms with E-state index < -0.39 is 0 Å². The van der Waals surface area contributed by atoms with Crippen molar-refractivity contribution in [3.05, 3.63) is 35.1 Å². The van der Waals surface area contributed by atoms with Crippen LogP contribution in [-0.2, 0) is 13.1 Å². The van der Waals surface area contributed by atoms with Crippen LogP contribution in [0, 0.1) is 5.82 Å². The van der Waals surface area contributed by atoms with Gasteiger partial charge in [0.1, 0.15) is 5.82 Å². The molecule has 19 heavy (non-hydrogen) atoms. The lowest BCUT2D eigenvalue weighted by Crippen LogP contribution is -2.34. The Morgan fingerprint density at radius 3 is 2.84 bits per heavy atom. The van der Waals surface area contributed by atoms with Crippen molar-refractivity contribution in [3.8, 4) is 0 Å². The van der Waals surface area contributed by atoms with Crippen LogP contribution < -0.4 is 5.73 Å². The molecule has 1 saturated heterocycles. The lowest BCUT2D eigenvalue weighted by atomic mass is 10.0. The van der Waals surface area contributed by atoms with Gasteiger partial charge in [0, 0.05) is 19.1 Å². The van der Waals surface area contributed by atoms with E-state index >= 15 is 0 Å². The zero-order valence-electron chi connectivity index (χ0n) is 11.9. The van der Waals surface area contributed by atoms with Crippen LogP contribution in [0.15, 0.2) is 18.2 Å². The van der Waals surface area contributed by atoms with Crippen molar-refractivity contribution in [1.82, 2.24) is 4.90 Å². The molecule has 0 aliphatic carbocycles. The second kappa shape index (κ2) is 7.01. The summed E-state index contributed by atoms with van der Waals surface area (Å²) in [6.07, 6.45) is 6.42. The van der Waals surface area contributed by atoms with E-state index in [2.05, 4.69) is 11.8 Å². The molecule has 2 N–H and O–H groups in total. The normalized spacial score (nSPS) is 21.3. The summed E-state index contributed by atoms with van der Waals surface area (Å²) in [7, 11) is 0. The van der Waals surface area contributed by atoms with Gasteiger partial charge >= 0.3 is 0 Å². The summed E-state index contributed by atoms with van der Waals surface area (Å²) in [6.45, 7) is 4.74. The Morgan fingerprint density at radius 2 is 2.11 bits per heavy atom. The molecule has 1 aliphatic rings. The Bertz CT molecular complexity index is 406. The Hall–Kier alpha value is -0.930. The van der Waals surface area contributed by atoms with Crippen molar-refractivity contribution >= 4 is 0 Å². The van der Waals surface area contributed by atoms with E-state index in [-0.39, 0.29) is 5.82 Å². The minimum Gasteiger partial charge on any atom is -0.326 e.